The molecule has 1 aromatic carbocycles. The van der Waals surface area contributed by atoms with Crippen molar-refractivity contribution < 1.29 is 8.42 Å². The summed E-state index contributed by atoms with van der Waals surface area (Å²) in [7, 11) is -3.22. The van der Waals surface area contributed by atoms with Crippen LogP contribution in [0.2, 0.25) is 0 Å². The van der Waals surface area contributed by atoms with E-state index in [1.54, 1.807) is 36.5 Å². The van der Waals surface area contributed by atoms with E-state index in [0.717, 1.165) is 9.35 Å². The number of para-hydroxylation sites is 1. The number of nitrogens with one attached hydrogen (secondary N) is 1. The van der Waals surface area contributed by atoms with E-state index in [0.29, 0.717) is 10.6 Å². The number of sulfone groups is 1. The molecule has 1 atom stereocenters. The van der Waals surface area contributed by atoms with Crippen LogP contribution in [0.4, 0.5) is 5.69 Å². The van der Waals surface area contributed by atoms with Crippen LogP contribution in [0.25, 0.3) is 0 Å². The second kappa shape index (κ2) is 6.28. The van der Waals surface area contributed by atoms with Crippen LogP contribution in [0.5, 0.6) is 0 Å². The van der Waals surface area contributed by atoms with Gasteiger partial charge < -0.3 is 5.32 Å². The Hall–Kier alpha value is -0.850. The Morgan fingerprint density at radius 2 is 2.00 bits per heavy atom. The van der Waals surface area contributed by atoms with Crippen LogP contribution >= 0.6 is 27.3 Å². The topological polar surface area (TPSA) is 46.2 Å². The molecule has 6 heteroatoms. The van der Waals surface area contributed by atoms with E-state index >= 15 is 0 Å². The molecule has 2 aromatic rings. The molecule has 1 unspecified atom stereocenters. The molecule has 20 heavy (non-hydrogen) atoms. The molecule has 0 bridgehead atoms. The van der Waals surface area contributed by atoms with Gasteiger partial charge in [-0.2, -0.15) is 0 Å². The van der Waals surface area contributed by atoms with Gasteiger partial charge in [-0.15, -0.1) is 11.3 Å². The number of halogens is 1. The molecule has 0 radical (unpaired) electrons. The first kappa shape index (κ1) is 15.5. The molecule has 0 aliphatic carbocycles. The summed E-state index contributed by atoms with van der Waals surface area (Å²) < 4.78 is 25.3. The standard InChI is InChI=1S/C14H16BrNO2S2/c1-3-20(17,18)13-7-5-4-6-12(13)16-10(2)14-11(15)8-9-19-14/h4-10,16H,3H2,1-2H3. The smallest absolute Gasteiger partial charge is 0.180 e. The Balaban J connectivity index is 2.33. The number of anilines is 1. The van der Waals surface area contributed by atoms with Crippen molar-refractivity contribution >= 4 is 42.8 Å². The minimum Gasteiger partial charge on any atom is -0.377 e. The Labute approximate surface area is 132 Å². The number of hydrogen-bond donors (Lipinski definition) is 1. The largest absolute Gasteiger partial charge is 0.377 e. The monoisotopic (exact) mass is 373 g/mol. The molecule has 0 saturated heterocycles. The van der Waals surface area contributed by atoms with Crippen molar-refractivity contribution in [2.45, 2.75) is 24.8 Å². The van der Waals surface area contributed by atoms with Crippen LogP contribution in [0.15, 0.2) is 45.1 Å². The van der Waals surface area contributed by atoms with Gasteiger partial charge >= 0.3 is 0 Å². The van der Waals surface area contributed by atoms with Crippen molar-refractivity contribution in [2.75, 3.05) is 11.1 Å². The van der Waals surface area contributed by atoms with Gasteiger partial charge in [0.2, 0.25) is 0 Å². The summed E-state index contributed by atoms with van der Waals surface area (Å²) >= 11 is 5.14. The van der Waals surface area contributed by atoms with E-state index in [1.165, 1.54) is 0 Å². The van der Waals surface area contributed by atoms with Crippen LogP contribution in [0.1, 0.15) is 24.8 Å². The zero-order valence-electron chi connectivity index (χ0n) is 11.3. The molecule has 1 N–H and O–H groups in total. The average Bonchev–Trinajstić information content (AvgIpc) is 2.85. The molecular weight excluding hydrogens is 358 g/mol. The van der Waals surface area contributed by atoms with E-state index in [-0.39, 0.29) is 11.8 Å². The lowest BCUT2D eigenvalue weighted by atomic mass is 10.2. The predicted molar refractivity (Wildman–Crippen MR) is 88.2 cm³/mol. The number of hydrogen-bond acceptors (Lipinski definition) is 4. The third-order valence-electron chi connectivity index (χ3n) is 3.01. The molecule has 108 valence electrons. The van der Waals surface area contributed by atoms with Crippen molar-refractivity contribution in [3.05, 3.63) is 45.1 Å². The fourth-order valence-corrected chi connectivity index (χ4v) is 4.71. The van der Waals surface area contributed by atoms with Gasteiger partial charge in [-0.25, -0.2) is 8.42 Å². The first-order chi connectivity index (χ1) is 9.45. The second-order valence-corrected chi connectivity index (χ2v) is 8.45. The zero-order valence-corrected chi connectivity index (χ0v) is 14.5. The van der Waals surface area contributed by atoms with Crippen molar-refractivity contribution in [3.63, 3.8) is 0 Å². The summed E-state index contributed by atoms with van der Waals surface area (Å²) in [6, 6.07) is 9.08. The van der Waals surface area contributed by atoms with E-state index in [1.807, 2.05) is 24.4 Å². The van der Waals surface area contributed by atoms with Gasteiger partial charge in [0.15, 0.2) is 9.84 Å². The quantitative estimate of drug-likeness (QED) is 0.840. The van der Waals surface area contributed by atoms with E-state index in [9.17, 15) is 8.42 Å². The Kier molecular flexibility index (Phi) is 4.88. The molecule has 0 spiro atoms. The number of thiophene rings is 1. The van der Waals surface area contributed by atoms with Gasteiger partial charge in [-0.1, -0.05) is 19.1 Å². The van der Waals surface area contributed by atoms with Crippen LogP contribution in [0, 0.1) is 0 Å². The summed E-state index contributed by atoms with van der Waals surface area (Å²) in [4.78, 5) is 1.51. The Morgan fingerprint density at radius 3 is 2.60 bits per heavy atom. The lowest BCUT2D eigenvalue weighted by molar-refractivity contribution is 0.597. The molecular formula is C14H16BrNO2S2. The van der Waals surface area contributed by atoms with E-state index < -0.39 is 9.84 Å². The first-order valence-corrected chi connectivity index (χ1v) is 9.59. The van der Waals surface area contributed by atoms with E-state index in [2.05, 4.69) is 21.2 Å². The first-order valence-electron chi connectivity index (χ1n) is 6.27. The second-order valence-electron chi connectivity index (χ2n) is 4.40. The number of rotatable bonds is 5. The summed E-state index contributed by atoms with van der Waals surface area (Å²) in [5.74, 6) is 0.1000. The third kappa shape index (κ3) is 3.24. The van der Waals surface area contributed by atoms with Crippen LogP contribution in [-0.4, -0.2) is 14.2 Å². The molecule has 0 amide bonds. The average molecular weight is 374 g/mol. The molecule has 3 nitrogen and oxygen atoms in total. The molecule has 1 aromatic heterocycles. The van der Waals surface area contributed by atoms with Crippen LogP contribution in [0.3, 0.4) is 0 Å². The van der Waals surface area contributed by atoms with Crippen LogP contribution < -0.4 is 5.32 Å². The normalized spacial score (nSPS) is 13.2. The van der Waals surface area contributed by atoms with Gasteiger partial charge in [0.1, 0.15) is 0 Å². The molecule has 0 aliphatic rings. The van der Waals surface area contributed by atoms with Crippen molar-refractivity contribution in [2.24, 2.45) is 0 Å². The highest BCUT2D eigenvalue weighted by Gasteiger charge is 2.18. The predicted octanol–water partition coefficient (Wildman–Crippen LogP) is 4.48. The van der Waals surface area contributed by atoms with Gasteiger partial charge in [-0.3, -0.25) is 0 Å². The third-order valence-corrected chi connectivity index (χ3v) is 6.85. The summed E-state index contributed by atoms with van der Waals surface area (Å²) in [5.41, 5.74) is 0.655. The van der Waals surface area contributed by atoms with Gasteiger partial charge in [0, 0.05) is 9.35 Å². The summed E-state index contributed by atoms with van der Waals surface area (Å²) in [5, 5.41) is 5.30. The zero-order chi connectivity index (χ0) is 14.8. The molecule has 0 aliphatic heterocycles. The SMILES string of the molecule is CCS(=O)(=O)c1ccccc1NC(C)c1sccc1Br. The van der Waals surface area contributed by atoms with Crippen molar-refractivity contribution in [3.8, 4) is 0 Å². The van der Waals surface area contributed by atoms with Gasteiger partial charge in [-0.05, 0) is 46.4 Å². The lowest BCUT2D eigenvalue weighted by Crippen LogP contribution is -2.11. The fraction of sp³-hybridized carbons (Fsp3) is 0.286. The fourth-order valence-electron chi connectivity index (χ4n) is 1.93. The highest BCUT2D eigenvalue weighted by atomic mass is 79.9. The minimum atomic E-state index is -3.22. The maximum absolute atomic E-state index is 12.1. The highest BCUT2D eigenvalue weighted by Crippen LogP contribution is 2.32. The van der Waals surface area contributed by atoms with Crippen molar-refractivity contribution in [1.82, 2.24) is 0 Å². The molecule has 2 rings (SSSR count). The Morgan fingerprint density at radius 1 is 1.30 bits per heavy atom. The molecule has 0 fully saturated rings. The van der Waals surface area contributed by atoms with Gasteiger partial charge in [0.05, 0.1) is 22.4 Å². The Bertz CT molecular complexity index is 695. The summed E-state index contributed by atoms with van der Waals surface area (Å²) in [6.07, 6.45) is 0. The van der Waals surface area contributed by atoms with E-state index in [4.69, 9.17) is 0 Å². The van der Waals surface area contributed by atoms with Crippen molar-refractivity contribution in [1.29, 1.82) is 0 Å². The summed E-state index contributed by atoms with van der Waals surface area (Å²) in [6.45, 7) is 3.68. The maximum atomic E-state index is 12.1. The minimum absolute atomic E-state index is 0.0394. The molecule has 0 saturated carbocycles. The van der Waals surface area contributed by atoms with Crippen LogP contribution in [-0.2, 0) is 9.84 Å². The molecule has 1 heterocycles. The maximum Gasteiger partial charge on any atom is 0.180 e. The lowest BCUT2D eigenvalue weighted by Gasteiger charge is -2.17. The highest BCUT2D eigenvalue weighted by molar-refractivity contribution is 9.10. The van der Waals surface area contributed by atoms with Gasteiger partial charge in [0.25, 0.3) is 0 Å². The number of benzene rings is 1.